The topological polar surface area (TPSA) is 90.1 Å². The van der Waals surface area contributed by atoms with E-state index in [1.165, 1.54) is 0 Å². The number of methoxy groups -OCH3 is 1. The third kappa shape index (κ3) is 3.58. The van der Waals surface area contributed by atoms with Crippen molar-refractivity contribution >= 4 is 5.97 Å². The van der Waals surface area contributed by atoms with Crippen molar-refractivity contribution in [2.75, 3.05) is 7.11 Å². The molecule has 7 nitrogen and oxygen atoms in total. The first-order chi connectivity index (χ1) is 14.1. The van der Waals surface area contributed by atoms with E-state index in [9.17, 15) is 4.79 Å². The summed E-state index contributed by atoms with van der Waals surface area (Å²) in [6.45, 7) is 1.99. The SMILES string of the molecule is COc1ccccc1-c1cc(C)c(-n2cc(-c3ccc(C(=O)O)cc3)nn2)cn1. The van der Waals surface area contributed by atoms with Crippen LogP contribution in [-0.4, -0.2) is 38.2 Å². The van der Waals surface area contributed by atoms with E-state index in [1.807, 2.05) is 37.3 Å². The Morgan fingerprint density at radius 2 is 1.83 bits per heavy atom. The van der Waals surface area contributed by atoms with Crippen LogP contribution in [0.5, 0.6) is 5.75 Å². The van der Waals surface area contributed by atoms with Crippen molar-refractivity contribution in [2.45, 2.75) is 6.92 Å². The van der Waals surface area contributed by atoms with Gasteiger partial charge in [0.2, 0.25) is 0 Å². The highest BCUT2D eigenvalue weighted by Gasteiger charge is 2.12. The summed E-state index contributed by atoms with van der Waals surface area (Å²) in [6, 6.07) is 16.2. The van der Waals surface area contributed by atoms with E-state index in [0.29, 0.717) is 5.69 Å². The van der Waals surface area contributed by atoms with E-state index in [-0.39, 0.29) is 5.56 Å². The minimum Gasteiger partial charge on any atom is -0.496 e. The second-order valence-corrected chi connectivity index (χ2v) is 6.49. The van der Waals surface area contributed by atoms with Gasteiger partial charge < -0.3 is 9.84 Å². The zero-order valence-electron chi connectivity index (χ0n) is 15.9. The number of aryl methyl sites for hydroxylation is 1. The van der Waals surface area contributed by atoms with Crippen LogP contribution < -0.4 is 4.74 Å². The molecule has 0 radical (unpaired) electrons. The number of hydrogen-bond acceptors (Lipinski definition) is 5. The molecule has 144 valence electrons. The molecule has 7 heteroatoms. The Bertz CT molecular complexity index is 1180. The van der Waals surface area contributed by atoms with Crippen LogP contribution in [0.3, 0.4) is 0 Å². The lowest BCUT2D eigenvalue weighted by Gasteiger charge is -2.10. The standard InChI is InChI=1S/C22H18N4O3/c1-14-11-18(17-5-3-4-6-21(17)29-2)23-12-20(14)26-13-19(24-25-26)15-7-9-16(10-8-15)22(27)28/h3-13H,1-2H3,(H,27,28). The van der Waals surface area contributed by atoms with Gasteiger partial charge in [-0.3, -0.25) is 4.98 Å². The molecule has 29 heavy (non-hydrogen) atoms. The molecule has 2 aromatic heterocycles. The molecule has 1 N–H and O–H groups in total. The van der Waals surface area contributed by atoms with Crippen molar-refractivity contribution in [3.8, 4) is 34.0 Å². The number of carboxylic acids is 1. The van der Waals surface area contributed by atoms with Gasteiger partial charge in [0.15, 0.2) is 0 Å². The first-order valence-corrected chi connectivity index (χ1v) is 8.93. The minimum absolute atomic E-state index is 0.230. The predicted octanol–water partition coefficient (Wildman–Crippen LogP) is 4.01. The zero-order valence-corrected chi connectivity index (χ0v) is 15.9. The molecule has 2 heterocycles. The van der Waals surface area contributed by atoms with Gasteiger partial charge in [-0.1, -0.05) is 29.5 Å². The summed E-state index contributed by atoms with van der Waals surface area (Å²) in [5.41, 5.74) is 5.19. The number of para-hydroxylation sites is 1. The third-order valence-electron chi connectivity index (χ3n) is 4.63. The number of benzene rings is 2. The van der Waals surface area contributed by atoms with Crippen molar-refractivity contribution in [3.63, 3.8) is 0 Å². The second kappa shape index (κ2) is 7.55. The predicted molar refractivity (Wildman–Crippen MR) is 108 cm³/mol. The summed E-state index contributed by atoms with van der Waals surface area (Å²) in [5, 5.41) is 17.4. The average molecular weight is 386 g/mol. The fourth-order valence-electron chi connectivity index (χ4n) is 3.09. The summed E-state index contributed by atoms with van der Waals surface area (Å²) in [4.78, 5) is 15.6. The number of aromatic carboxylic acids is 1. The molecule has 0 fully saturated rings. The number of hydrogen-bond donors (Lipinski definition) is 1. The second-order valence-electron chi connectivity index (χ2n) is 6.49. The van der Waals surface area contributed by atoms with E-state index < -0.39 is 5.97 Å². The Hall–Kier alpha value is -4.00. The van der Waals surface area contributed by atoms with E-state index in [1.54, 1.807) is 48.5 Å². The quantitative estimate of drug-likeness (QED) is 0.557. The van der Waals surface area contributed by atoms with Gasteiger partial charge in [0.05, 0.1) is 36.4 Å². The number of nitrogens with zero attached hydrogens (tertiary/aromatic N) is 4. The van der Waals surface area contributed by atoms with E-state index in [2.05, 4.69) is 15.3 Å². The Morgan fingerprint density at radius 1 is 1.07 bits per heavy atom. The average Bonchev–Trinajstić information content (AvgIpc) is 3.23. The molecule has 0 unspecified atom stereocenters. The van der Waals surface area contributed by atoms with Gasteiger partial charge >= 0.3 is 5.97 Å². The number of aromatic nitrogens is 4. The molecule has 4 aromatic rings. The van der Waals surface area contributed by atoms with Crippen molar-refractivity contribution in [1.82, 2.24) is 20.0 Å². The van der Waals surface area contributed by atoms with Gasteiger partial charge in [0, 0.05) is 11.1 Å². The molecule has 0 spiro atoms. The van der Waals surface area contributed by atoms with E-state index in [4.69, 9.17) is 9.84 Å². The highest BCUT2D eigenvalue weighted by molar-refractivity contribution is 5.88. The third-order valence-corrected chi connectivity index (χ3v) is 4.63. The molecular formula is C22H18N4O3. The lowest BCUT2D eigenvalue weighted by molar-refractivity contribution is 0.0697. The highest BCUT2D eigenvalue weighted by atomic mass is 16.5. The number of pyridine rings is 1. The maximum absolute atomic E-state index is 11.0. The molecule has 2 aromatic carbocycles. The number of ether oxygens (including phenoxy) is 1. The Balaban J connectivity index is 1.65. The van der Waals surface area contributed by atoms with E-state index >= 15 is 0 Å². The summed E-state index contributed by atoms with van der Waals surface area (Å²) >= 11 is 0. The fourth-order valence-corrected chi connectivity index (χ4v) is 3.09. The van der Waals surface area contributed by atoms with Crippen molar-refractivity contribution < 1.29 is 14.6 Å². The van der Waals surface area contributed by atoms with Gasteiger partial charge in [-0.05, 0) is 42.8 Å². The molecule has 0 saturated carbocycles. The smallest absolute Gasteiger partial charge is 0.335 e. The largest absolute Gasteiger partial charge is 0.496 e. The normalized spacial score (nSPS) is 10.7. The molecule has 0 amide bonds. The lowest BCUT2D eigenvalue weighted by Crippen LogP contribution is -2.00. The van der Waals surface area contributed by atoms with Crippen LogP contribution in [0, 0.1) is 6.92 Å². The monoisotopic (exact) mass is 386 g/mol. The van der Waals surface area contributed by atoms with Gasteiger partial charge in [0.1, 0.15) is 11.4 Å². The number of rotatable bonds is 5. The number of carbonyl (C=O) groups is 1. The van der Waals surface area contributed by atoms with Crippen molar-refractivity contribution in [3.05, 3.63) is 78.1 Å². The summed E-state index contributed by atoms with van der Waals surface area (Å²) in [6.07, 6.45) is 3.55. The van der Waals surface area contributed by atoms with Crippen LogP contribution in [0.2, 0.25) is 0 Å². The van der Waals surface area contributed by atoms with Gasteiger partial charge in [-0.2, -0.15) is 0 Å². The molecule has 0 saturated heterocycles. The van der Waals surface area contributed by atoms with Crippen molar-refractivity contribution in [1.29, 1.82) is 0 Å². The summed E-state index contributed by atoms with van der Waals surface area (Å²) in [7, 11) is 1.64. The van der Waals surface area contributed by atoms with Crippen LogP contribution >= 0.6 is 0 Å². The molecule has 0 aliphatic heterocycles. The van der Waals surface area contributed by atoms with Crippen molar-refractivity contribution in [2.24, 2.45) is 0 Å². The van der Waals surface area contributed by atoms with E-state index in [0.717, 1.165) is 33.8 Å². The summed E-state index contributed by atoms with van der Waals surface area (Å²) in [5.74, 6) is -0.197. The molecule has 0 aliphatic rings. The molecule has 0 atom stereocenters. The molecule has 0 aliphatic carbocycles. The minimum atomic E-state index is -0.961. The maximum Gasteiger partial charge on any atom is 0.335 e. The van der Waals surface area contributed by atoms with Crippen LogP contribution in [0.15, 0.2) is 67.0 Å². The first kappa shape index (κ1) is 18.4. The van der Waals surface area contributed by atoms with Gasteiger partial charge in [0.25, 0.3) is 0 Å². The first-order valence-electron chi connectivity index (χ1n) is 8.93. The van der Waals surface area contributed by atoms with Crippen LogP contribution in [0.4, 0.5) is 0 Å². The Kier molecular flexibility index (Phi) is 4.78. The maximum atomic E-state index is 11.0. The van der Waals surface area contributed by atoms with Crippen LogP contribution in [-0.2, 0) is 0 Å². The molecular weight excluding hydrogens is 368 g/mol. The summed E-state index contributed by atoms with van der Waals surface area (Å²) < 4.78 is 7.09. The molecule has 0 bridgehead atoms. The van der Waals surface area contributed by atoms with Crippen LogP contribution in [0.1, 0.15) is 15.9 Å². The Labute approximate surface area is 167 Å². The van der Waals surface area contributed by atoms with Gasteiger partial charge in [-0.25, -0.2) is 9.48 Å². The van der Waals surface area contributed by atoms with Gasteiger partial charge in [-0.15, -0.1) is 5.10 Å². The highest BCUT2D eigenvalue weighted by Crippen LogP contribution is 2.29. The van der Waals surface area contributed by atoms with Crippen LogP contribution in [0.25, 0.3) is 28.2 Å². The zero-order chi connectivity index (χ0) is 20.4. The molecule has 4 rings (SSSR count). The Morgan fingerprint density at radius 3 is 2.52 bits per heavy atom. The fraction of sp³-hybridized carbons (Fsp3) is 0.0909. The lowest BCUT2D eigenvalue weighted by atomic mass is 10.1. The number of carboxylic acid groups (broad SMARTS) is 1.